The monoisotopic (exact) mass is 224 g/mol. The second kappa shape index (κ2) is 3.85. The van der Waals surface area contributed by atoms with Crippen LogP contribution in [-0.2, 0) is 11.3 Å². The minimum absolute atomic E-state index is 0.516. The van der Waals surface area contributed by atoms with Gasteiger partial charge in [-0.1, -0.05) is 0 Å². The van der Waals surface area contributed by atoms with Crippen molar-refractivity contribution in [3.8, 4) is 0 Å². The first kappa shape index (κ1) is 9.75. The molecule has 0 amide bonds. The molecule has 1 aromatic rings. The van der Waals surface area contributed by atoms with E-state index in [0.717, 1.165) is 18.5 Å². The number of nitrogens with zero attached hydrogens (tertiary/aromatic N) is 2. The highest BCUT2D eigenvalue weighted by atomic mass is 32.1. The van der Waals surface area contributed by atoms with Crippen LogP contribution in [0.5, 0.6) is 0 Å². The third-order valence-corrected chi connectivity index (χ3v) is 4.48. The molecule has 82 valence electrons. The largest absolute Gasteiger partial charge is 0.381 e. The first-order chi connectivity index (χ1) is 7.36. The molecule has 2 aliphatic rings. The smallest absolute Gasteiger partial charge is 0.107 e. The molecule has 1 aromatic heterocycles. The second-order valence-corrected chi connectivity index (χ2v) is 5.49. The van der Waals surface area contributed by atoms with Crippen LogP contribution in [0, 0.1) is 5.92 Å². The van der Waals surface area contributed by atoms with E-state index < -0.39 is 0 Å². The van der Waals surface area contributed by atoms with Crippen molar-refractivity contribution < 1.29 is 4.74 Å². The molecule has 15 heavy (non-hydrogen) atoms. The fourth-order valence-corrected chi connectivity index (χ4v) is 3.63. The second-order valence-electron chi connectivity index (χ2n) is 4.51. The number of likely N-dealkylation sites (tertiary alicyclic amines) is 1. The summed E-state index contributed by atoms with van der Waals surface area (Å²) >= 11 is 1.76. The number of rotatable bonds is 3. The van der Waals surface area contributed by atoms with Gasteiger partial charge in [-0.25, -0.2) is 4.98 Å². The highest BCUT2D eigenvalue weighted by Gasteiger charge is 2.44. The van der Waals surface area contributed by atoms with E-state index in [0.29, 0.717) is 6.10 Å². The van der Waals surface area contributed by atoms with Crippen LogP contribution in [0.15, 0.2) is 11.6 Å². The predicted octanol–water partition coefficient (Wildman–Crippen LogP) is 1.75. The highest BCUT2D eigenvalue weighted by Crippen LogP contribution is 2.39. The minimum atomic E-state index is 0.516. The molecule has 0 radical (unpaired) electrons. The maximum atomic E-state index is 5.49. The van der Waals surface area contributed by atoms with Crippen molar-refractivity contribution in [3.63, 3.8) is 0 Å². The summed E-state index contributed by atoms with van der Waals surface area (Å²) in [6.45, 7) is 2.23. The summed E-state index contributed by atoms with van der Waals surface area (Å²) < 4.78 is 5.49. The van der Waals surface area contributed by atoms with Crippen molar-refractivity contribution in [2.45, 2.75) is 31.5 Å². The molecule has 0 aromatic carbocycles. The van der Waals surface area contributed by atoms with E-state index >= 15 is 0 Å². The summed E-state index contributed by atoms with van der Waals surface area (Å²) in [5, 5.41) is 3.30. The van der Waals surface area contributed by atoms with Crippen LogP contribution in [0.1, 0.15) is 17.8 Å². The van der Waals surface area contributed by atoms with Crippen LogP contribution in [0.3, 0.4) is 0 Å². The summed E-state index contributed by atoms with van der Waals surface area (Å²) in [6, 6.07) is 0.740. The number of ether oxygens (including phenoxy) is 1. The molecule has 2 fully saturated rings. The Morgan fingerprint density at radius 2 is 2.53 bits per heavy atom. The van der Waals surface area contributed by atoms with Crippen LogP contribution in [0.4, 0.5) is 0 Å². The SMILES string of the molecule is CO[C@H]1C[C@H]2C[C@H]1CN2Cc1nccs1. The number of hydrogen-bond donors (Lipinski definition) is 0. The zero-order valence-electron chi connectivity index (χ0n) is 8.93. The lowest BCUT2D eigenvalue weighted by Gasteiger charge is -2.29. The molecule has 1 aliphatic carbocycles. The maximum absolute atomic E-state index is 5.49. The molecule has 0 N–H and O–H groups in total. The molecule has 0 unspecified atom stereocenters. The Hall–Kier alpha value is -0.450. The van der Waals surface area contributed by atoms with Gasteiger partial charge in [-0.2, -0.15) is 0 Å². The van der Waals surface area contributed by atoms with Crippen LogP contribution in [-0.4, -0.2) is 35.7 Å². The van der Waals surface area contributed by atoms with E-state index in [-0.39, 0.29) is 0 Å². The van der Waals surface area contributed by atoms with Gasteiger partial charge in [0.1, 0.15) is 5.01 Å². The van der Waals surface area contributed by atoms with Crippen molar-refractivity contribution in [2.75, 3.05) is 13.7 Å². The molecule has 2 heterocycles. The Balaban J connectivity index is 1.63. The van der Waals surface area contributed by atoms with Gasteiger partial charge in [-0.15, -0.1) is 11.3 Å². The first-order valence-corrected chi connectivity index (χ1v) is 6.40. The summed E-state index contributed by atoms with van der Waals surface area (Å²) in [6.07, 6.45) is 4.95. The van der Waals surface area contributed by atoms with Gasteiger partial charge in [0.25, 0.3) is 0 Å². The van der Waals surface area contributed by atoms with E-state index in [1.54, 1.807) is 11.3 Å². The van der Waals surface area contributed by atoms with Crippen LogP contribution < -0.4 is 0 Å². The average molecular weight is 224 g/mol. The van der Waals surface area contributed by atoms with Gasteiger partial charge in [-0.3, -0.25) is 4.90 Å². The van der Waals surface area contributed by atoms with Crippen LogP contribution >= 0.6 is 11.3 Å². The van der Waals surface area contributed by atoms with E-state index in [2.05, 4.69) is 15.3 Å². The number of hydrogen-bond acceptors (Lipinski definition) is 4. The summed E-state index contributed by atoms with van der Waals surface area (Å²) in [4.78, 5) is 6.92. The van der Waals surface area contributed by atoms with E-state index in [9.17, 15) is 0 Å². The Kier molecular flexibility index (Phi) is 2.50. The number of fused-ring (bicyclic) bond motifs is 2. The Bertz CT molecular complexity index is 327. The highest BCUT2D eigenvalue weighted by molar-refractivity contribution is 7.09. The fourth-order valence-electron chi connectivity index (χ4n) is 2.99. The zero-order valence-corrected chi connectivity index (χ0v) is 9.74. The van der Waals surface area contributed by atoms with Crippen LogP contribution in [0.25, 0.3) is 0 Å². The molecule has 3 atom stereocenters. The van der Waals surface area contributed by atoms with Gasteiger partial charge in [0.15, 0.2) is 0 Å². The van der Waals surface area contributed by atoms with Gasteiger partial charge >= 0.3 is 0 Å². The Morgan fingerprint density at radius 3 is 3.13 bits per heavy atom. The standard InChI is InChI=1S/C11H16N2OS/c1-14-10-5-9-4-8(10)6-13(9)7-11-12-2-3-15-11/h2-3,8-10H,4-7H2,1H3/t8-,9+,10-/m0/s1. The molecule has 3 nitrogen and oxygen atoms in total. The molecule has 3 rings (SSSR count). The lowest BCUT2D eigenvalue weighted by Crippen LogP contribution is -2.37. The lowest BCUT2D eigenvalue weighted by molar-refractivity contribution is 0.0309. The average Bonchev–Trinajstić information content (AvgIpc) is 2.92. The number of methoxy groups -OCH3 is 1. The molecule has 1 saturated heterocycles. The molecular formula is C11H16N2OS. The van der Waals surface area contributed by atoms with Crippen molar-refractivity contribution in [3.05, 3.63) is 16.6 Å². The number of thiazole rings is 1. The third kappa shape index (κ3) is 1.71. The van der Waals surface area contributed by atoms with E-state index in [1.165, 1.54) is 24.4 Å². The summed E-state index contributed by atoms with van der Waals surface area (Å²) in [5.74, 6) is 0.764. The van der Waals surface area contributed by atoms with Gasteiger partial charge in [-0.05, 0) is 18.8 Å². The van der Waals surface area contributed by atoms with Crippen molar-refractivity contribution in [2.24, 2.45) is 5.92 Å². The van der Waals surface area contributed by atoms with Crippen LogP contribution in [0.2, 0.25) is 0 Å². The quantitative estimate of drug-likeness (QED) is 0.782. The third-order valence-electron chi connectivity index (χ3n) is 3.71. The van der Waals surface area contributed by atoms with Crippen molar-refractivity contribution in [1.82, 2.24) is 9.88 Å². The van der Waals surface area contributed by atoms with E-state index in [4.69, 9.17) is 4.74 Å². The zero-order chi connectivity index (χ0) is 10.3. The number of aromatic nitrogens is 1. The molecule has 1 aliphatic heterocycles. The molecule has 4 heteroatoms. The van der Waals surface area contributed by atoms with Gasteiger partial charge in [0, 0.05) is 31.3 Å². The van der Waals surface area contributed by atoms with Gasteiger partial charge in [0.05, 0.1) is 12.6 Å². The lowest BCUT2D eigenvalue weighted by atomic mass is 10.1. The fraction of sp³-hybridized carbons (Fsp3) is 0.727. The molecule has 2 bridgehead atoms. The predicted molar refractivity (Wildman–Crippen MR) is 59.8 cm³/mol. The first-order valence-electron chi connectivity index (χ1n) is 5.52. The van der Waals surface area contributed by atoms with Gasteiger partial charge < -0.3 is 4.74 Å². The molecular weight excluding hydrogens is 208 g/mol. The normalized spacial score (nSPS) is 35.1. The minimum Gasteiger partial charge on any atom is -0.381 e. The Labute approximate surface area is 94.1 Å². The van der Waals surface area contributed by atoms with Gasteiger partial charge in [0.2, 0.25) is 0 Å². The number of piperidine rings is 1. The Morgan fingerprint density at radius 1 is 1.60 bits per heavy atom. The van der Waals surface area contributed by atoms with E-state index in [1.807, 2.05) is 13.3 Å². The van der Waals surface area contributed by atoms with Crippen molar-refractivity contribution in [1.29, 1.82) is 0 Å². The van der Waals surface area contributed by atoms with Crippen molar-refractivity contribution >= 4 is 11.3 Å². The summed E-state index contributed by atoms with van der Waals surface area (Å²) in [5.41, 5.74) is 0. The molecule has 0 spiro atoms. The summed E-state index contributed by atoms with van der Waals surface area (Å²) in [7, 11) is 1.84. The topological polar surface area (TPSA) is 25.4 Å². The molecule has 1 saturated carbocycles. The maximum Gasteiger partial charge on any atom is 0.107 e.